The Balaban J connectivity index is 2.69. The number of ether oxygens (including phenoxy) is 1. The molecule has 0 aliphatic rings. The Morgan fingerprint density at radius 3 is 2.82 bits per heavy atom. The van der Waals surface area contributed by atoms with Crippen molar-refractivity contribution in [3.63, 3.8) is 0 Å². The summed E-state index contributed by atoms with van der Waals surface area (Å²) in [7, 11) is 0. The molecule has 0 aliphatic heterocycles. The van der Waals surface area contributed by atoms with E-state index in [1.807, 2.05) is 19.9 Å². The van der Waals surface area contributed by atoms with Crippen molar-refractivity contribution in [2.45, 2.75) is 32.9 Å². The molecule has 1 aromatic rings. The van der Waals surface area contributed by atoms with Crippen LogP contribution < -0.4 is 10.1 Å². The summed E-state index contributed by atoms with van der Waals surface area (Å²) in [6, 6.07) is 5.23. The minimum Gasteiger partial charge on any atom is -0.490 e. The molecule has 0 radical (unpaired) electrons. The number of para-hydroxylation sites is 1. The van der Waals surface area contributed by atoms with Gasteiger partial charge in [0.05, 0.1) is 6.61 Å². The molecule has 0 aromatic heterocycles. The highest BCUT2D eigenvalue weighted by atomic mass is 19.1. The second kappa shape index (κ2) is 7.25. The Kier molecular flexibility index (Phi) is 5.94. The highest BCUT2D eigenvalue weighted by Gasteiger charge is 2.09. The zero-order valence-electron chi connectivity index (χ0n) is 10.4. The van der Waals surface area contributed by atoms with Crippen LogP contribution in [0.3, 0.4) is 0 Å². The number of rotatable bonds is 7. The van der Waals surface area contributed by atoms with Gasteiger partial charge in [0.15, 0.2) is 11.6 Å². The molecular weight excluding hydrogens is 221 g/mol. The third-order valence-corrected chi connectivity index (χ3v) is 2.30. The van der Waals surface area contributed by atoms with Gasteiger partial charge in [-0.15, -0.1) is 0 Å². The number of hydrogen-bond donors (Lipinski definition) is 2. The van der Waals surface area contributed by atoms with Crippen molar-refractivity contribution < 1.29 is 14.2 Å². The normalized spacial score (nSPS) is 10.9. The summed E-state index contributed by atoms with van der Waals surface area (Å²) in [4.78, 5) is 0. The monoisotopic (exact) mass is 241 g/mol. The Bertz CT molecular complexity index is 342. The highest BCUT2D eigenvalue weighted by molar-refractivity contribution is 5.34. The summed E-state index contributed by atoms with van der Waals surface area (Å²) in [5.41, 5.74) is 0.802. The molecule has 3 nitrogen and oxygen atoms in total. The van der Waals surface area contributed by atoms with Gasteiger partial charge in [-0.3, -0.25) is 0 Å². The van der Waals surface area contributed by atoms with Gasteiger partial charge in [-0.1, -0.05) is 26.0 Å². The fraction of sp³-hybridized carbons (Fsp3) is 0.538. The Labute approximate surface area is 102 Å². The molecule has 0 saturated heterocycles. The van der Waals surface area contributed by atoms with Crippen molar-refractivity contribution in [2.24, 2.45) is 0 Å². The summed E-state index contributed by atoms with van der Waals surface area (Å²) in [6.45, 7) is 5.02. The Morgan fingerprint density at radius 1 is 1.41 bits per heavy atom. The average molecular weight is 241 g/mol. The number of nitrogens with one attached hydrogen (secondary N) is 1. The van der Waals surface area contributed by atoms with Gasteiger partial charge in [0.1, 0.15) is 0 Å². The average Bonchev–Trinajstić information content (AvgIpc) is 2.29. The zero-order valence-corrected chi connectivity index (χ0v) is 10.4. The van der Waals surface area contributed by atoms with Crippen molar-refractivity contribution in [3.05, 3.63) is 29.6 Å². The van der Waals surface area contributed by atoms with Gasteiger partial charge in [0.2, 0.25) is 0 Å². The number of hydrogen-bond acceptors (Lipinski definition) is 3. The van der Waals surface area contributed by atoms with Gasteiger partial charge in [-0.25, -0.2) is 4.39 Å². The predicted octanol–water partition coefficient (Wildman–Crippen LogP) is 2.08. The molecule has 0 unspecified atom stereocenters. The summed E-state index contributed by atoms with van der Waals surface area (Å²) < 4.78 is 19.0. The first kappa shape index (κ1) is 13.9. The minimum atomic E-state index is -0.356. The van der Waals surface area contributed by atoms with Crippen LogP contribution in [0.5, 0.6) is 5.75 Å². The smallest absolute Gasteiger partial charge is 0.165 e. The van der Waals surface area contributed by atoms with Crippen molar-refractivity contribution in [1.29, 1.82) is 0 Å². The van der Waals surface area contributed by atoms with Gasteiger partial charge >= 0.3 is 0 Å². The molecule has 96 valence electrons. The molecule has 0 saturated carbocycles. The first-order valence-corrected chi connectivity index (χ1v) is 5.89. The van der Waals surface area contributed by atoms with Crippen molar-refractivity contribution in [1.82, 2.24) is 5.32 Å². The lowest BCUT2D eigenvalue weighted by molar-refractivity contribution is 0.227. The van der Waals surface area contributed by atoms with Crippen LogP contribution in [0.2, 0.25) is 0 Å². The van der Waals surface area contributed by atoms with E-state index in [1.165, 1.54) is 6.07 Å². The lowest BCUT2D eigenvalue weighted by Crippen LogP contribution is -2.22. The lowest BCUT2D eigenvalue weighted by Gasteiger charge is -2.14. The van der Waals surface area contributed by atoms with Gasteiger partial charge in [-0.05, 0) is 6.07 Å². The van der Waals surface area contributed by atoms with Crippen LogP contribution in [-0.4, -0.2) is 24.4 Å². The fourth-order valence-electron chi connectivity index (χ4n) is 1.41. The standard InChI is InChI=1S/C13H20FNO2/c1-10(2)15-9-11-5-3-6-12(14)13(11)17-8-4-7-16/h3,5-6,10,15-16H,4,7-9H2,1-2H3. The van der Waals surface area contributed by atoms with E-state index < -0.39 is 0 Å². The first-order valence-electron chi connectivity index (χ1n) is 5.89. The molecule has 0 amide bonds. The van der Waals surface area contributed by atoms with Crippen LogP contribution >= 0.6 is 0 Å². The van der Waals surface area contributed by atoms with E-state index in [9.17, 15) is 4.39 Å². The molecule has 0 bridgehead atoms. The van der Waals surface area contributed by atoms with E-state index in [1.54, 1.807) is 6.07 Å². The molecule has 1 aromatic carbocycles. The van der Waals surface area contributed by atoms with Crippen LogP contribution in [-0.2, 0) is 6.54 Å². The summed E-state index contributed by atoms with van der Waals surface area (Å²) in [6.07, 6.45) is 0.505. The summed E-state index contributed by atoms with van der Waals surface area (Å²) in [5, 5.41) is 11.9. The number of benzene rings is 1. The van der Waals surface area contributed by atoms with Gasteiger partial charge in [0, 0.05) is 31.2 Å². The molecular formula is C13H20FNO2. The first-order chi connectivity index (χ1) is 8.15. The minimum absolute atomic E-state index is 0.0496. The molecule has 2 N–H and O–H groups in total. The third-order valence-electron chi connectivity index (χ3n) is 2.30. The van der Waals surface area contributed by atoms with E-state index >= 15 is 0 Å². The molecule has 0 spiro atoms. The maximum absolute atomic E-state index is 13.6. The predicted molar refractivity (Wildman–Crippen MR) is 65.6 cm³/mol. The lowest BCUT2D eigenvalue weighted by atomic mass is 10.2. The van der Waals surface area contributed by atoms with E-state index in [-0.39, 0.29) is 18.2 Å². The molecule has 0 atom stereocenters. The van der Waals surface area contributed by atoms with Crippen LogP contribution in [0.25, 0.3) is 0 Å². The quantitative estimate of drug-likeness (QED) is 0.718. The van der Waals surface area contributed by atoms with Crippen LogP contribution in [0, 0.1) is 5.82 Å². The molecule has 0 aliphatic carbocycles. The van der Waals surface area contributed by atoms with Crippen LogP contribution in [0.1, 0.15) is 25.8 Å². The molecule has 0 fully saturated rings. The SMILES string of the molecule is CC(C)NCc1cccc(F)c1OCCCO. The highest BCUT2D eigenvalue weighted by Crippen LogP contribution is 2.22. The van der Waals surface area contributed by atoms with E-state index in [0.29, 0.717) is 25.6 Å². The van der Waals surface area contributed by atoms with Crippen LogP contribution in [0.4, 0.5) is 4.39 Å². The van der Waals surface area contributed by atoms with Gasteiger partial charge in [0.25, 0.3) is 0 Å². The Morgan fingerprint density at radius 2 is 2.18 bits per heavy atom. The second-order valence-electron chi connectivity index (χ2n) is 4.19. The second-order valence-corrected chi connectivity index (χ2v) is 4.19. The third kappa shape index (κ3) is 4.71. The Hall–Kier alpha value is -1.13. The van der Waals surface area contributed by atoms with E-state index in [2.05, 4.69) is 5.32 Å². The van der Waals surface area contributed by atoms with E-state index in [0.717, 1.165) is 5.56 Å². The van der Waals surface area contributed by atoms with Crippen molar-refractivity contribution >= 4 is 0 Å². The number of halogens is 1. The van der Waals surface area contributed by atoms with Gasteiger partial charge < -0.3 is 15.2 Å². The number of aliphatic hydroxyl groups excluding tert-OH is 1. The zero-order chi connectivity index (χ0) is 12.7. The molecule has 0 heterocycles. The maximum atomic E-state index is 13.6. The van der Waals surface area contributed by atoms with Crippen LogP contribution in [0.15, 0.2) is 18.2 Å². The number of aliphatic hydroxyl groups is 1. The molecule has 17 heavy (non-hydrogen) atoms. The van der Waals surface area contributed by atoms with Crippen molar-refractivity contribution in [2.75, 3.05) is 13.2 Å². The maximum Gasteiger partial charge on any atom is 0.165 e. The summed E-state index contributed by atoms with van der Waals surface area (Å²) in [5.74, 6) is -0.0694. The molecule has 4 heteroatoms. The topological polar surface area (TPSA) is 41.5 Å². The van der Waals surface area contributed by atoms with Gasteiger partial charge in [-0.2, -0.15) is 0 Å². The summed E-state index contributed by atoms with van der Waals surface area (Å²) >= 11 is 0. The largest absolute Gasteiger partial charge is 0.490 e. The van der Waals surface area contributed by atoms with E-state index in [4.69, 9.17) is 9.84 Å². The molecule has 1 rings (SSSR count). The fourth-order valence-corrected chi connectivity index (χ4v) is 1.41. The van der Waals surface area contributed by atoms with Crippen molar-refractivity contribution in [3.8, 4) is 5.75 Å².